The lowest BCUT2D eigenvalue weighted by Crippen LogP contribution is -3.14. The first-order valence-electron chi connectivity index (χ1n) is 9.63. The Morgan fingerprint density at radius 3 is 1.96 bits per heavy atom. The van der Waals surface area contributed by atoms with Crippen LogP contribution in [0.1, 0.15) is 43.2 Å². The van der Waals surface area contributed by atoms with Crippen molar-refractivity contribution in [2.45, 2.75) is 38.1 Å². The van der Waals surface area contributed by atoms with Crippen molar-refractivity contribution < 1.29 is 10.2 Å². The van der Waals surface area contributed by atoms with Crippen molar-refractivity contribution in [2.75, 3.05) is 26.2 Å². The van der Waals surface area contributed by atoms with Crippen LogP contribution in [0, 0.1) is 0 Å². The molecule has 1 heterocycles. The van der Waals surface area contributed by atoms with E-state index in [-0.39, 0.29) is 0 Å². The zero-order chi connectivity index (χ0) is 16.6. The molecular weight excluding hydrogens is 292 g/mol. The summed E-state index contributed by atoms with van der Waals surface area (Å²) in [6.45, 7) is 7.52. The third-order valence-corrected chi connectivity index (χ3v) is 5.45. The number of piperidine rings is 1. The van der Waals surface area contributed by atoms with E-state index < -0.39 is 0 Å². The highest BCUT2D eigenvalue weighted by Crippen LogP contribution is 2.22. The minimum absolute atomic E-state index is 0.494. The Morgan fingerprint density at radius 1 is 0.917 bits per heavy atom. The van der Waals surface area contributed by atoms with E-state index in [9.17, 15) is 0 Å². The van der Waals surface area contributed by atoms with Gasteiger partial charge < -0.3 is 10.2 Å². The molecule has 0 unspecified atom stereocenters. The fourth-order valence-electron chi connectivity index (χ4n) is 4.05. The first-order chi connectivity index (χ1) is 11.9. The summed E-state index contributed by atoms with van der Waals surface area (Å²) in [5.74, 6) is 0.494. The highest BCUT2D eigenvalue weighted by Gasteiger charge is 2.25. The van der Waals surface area contributed by atoms with Gasteiger partial charge in [0.05, 0.1) is 38.1 Å². The molecule has 24 heavy (non-hydrogen) atoms. The van der Waals surface area contributed by atoms with Gasteiger partial charge in [-0.05, 0) is 17.5 Å². The van der Waals surface area contributed by atoms with E-state index in [2.05, 4.69) is 72.9 Å². The second kappa shape index (κ2) is 9.00. The smallest absolute Gasteiger partial charge is 0.0968 e. The number of hydrogen-bond donors (Lipinski definition) is 2. The van der Waals surface area contributed by atoms with Gasteiger partial charge >= 0.3 is 0 Å². The summed E-state index contributed by atoms with van der Waals surface area (Å²) in [5.41, 5.74) is 2.88. The first kappa shape index (κ1) is 17.2. The molecule has 3 rings (SSSR count). The molecule has 0 aromatic heterocycles. The van der Waals surface area contributed by atoms with Crippen LogP contribution in [0.5, 0.6) is 0 Å². The second-order valence-corrected chi connectivity index (χ2v) is 7.18. The maximum Gasteiger partial charge on any atom is 0.0968 e. The zero-order valence-electron chi connectivity index (χ0n) is 15.0. The van der Waals surface area contributed by atoms with Gasteiger partial charge in [-0.15, -0.1) is 0 Å². The quantitative estimate of drug-likeness (QED) is 0.775. The summed E-state index contributed by atoms with van der Waals surface area (Å²) in [7, 11) is 0. The van der Waals surface area contributed by atoms with Crippen LogP contribution in [0.4, 0.5) is 0 Å². The Kier molecular flexibility index (Phi) is 6.45. The van der Waals surface area contributed by atoms with Gasteiger partial charge in [-0.25, -0.2) is 0 Å². The molecule has 1 aliphatic heterocycles. The Hall–Kier alpha value is -1.64. The van der Waals surface area contributed by atoms with E-state index in [1.165, 1.54) is 50.0 Å². The monoisotopic (exact) mass is 324 g/mol. The summed E-state index contributed by atoms with van der Waals surface area (Å²) < 4.78 is 0. The summed E-state index contributed by atoms with van der Waals surface area (Å²) in [6, 6.07) is 22.8. The average molecular weight is 325 g/mol. The van der Waals surface area contributed by atoms with Crippen molar-refractivity contribution in [3.05, 3.63) is 71.8 Å². The van der Waals surface area contributed by atoms with E-state index in [1.54, 1.807) is 0 Å². The molecule has 2 aromatic carbocycles. The number of nitrogens with two attached hydrogens (primary N) is 1. The van der Waals surface area contributed by atoms with E-state index >= 15 is 0 Å². The molecule has 0 saturated carbocycles. The van der Waals surface area contributed by atoms with E-state index in [1.807, 2.05) is 4.90 Å². The number of hydrogen-bond acceptors (Lipinski definition) is 0. The molecular formula is C22H32N2+2. The van der Waals surface area contributed by atoms with Gasteiger partial charge in [0.25, 0.3) is 0 Å². The maximum absolute atomic E-state index is 2.62. The molecule has 1 aliphatic rings. The standard InChI is InChI=1S/C22H30N2/c1-2-15-24-16-13-21(14-17-24)23-18-22(19-9-5-3-6-10-19)20-11-7-4-8-12-20/h3-12,21-23H,2,13-18H2,1H3/p+2. The van der Waals surface area contributed by atoms with Crippen LogP contribution in [0.2, 0.25) is 0 Å². The second-order valence-electron chi connectivity index (χ2n) is 7.18. The molecule has 0 atom stereocenters. The molecule has 0 spiro atoms. The van der Waals surface area contributed by atoms with Gasteiger partial charge in [0.15, 0.2) is 0 Å². The average Bonchev–Trinajstić information content (AvgIpc) is 2.65. The minimum atomic E-state index is 0.494. The Bertz CT molecular complexity index is 534. The first-order valence-corrected chi connectivity index (χ1v) is 9.63. The lowest BCUT2D eigenvalue weighted by Gasteiger charge is -2.29. The van der Waals surface area contributed by atoms with Gasteiger partial charge in [-0.3, -0.25) is 0 Å². The molecule has 0 bridgehead atoms. The fraction of sp³-hybridized carbons (Fsp3) is 0.455. The van der Waals surface area contributed by atoms with Crippen LogP contribution in [-0.2, 0) is 0 Å². The molecule has 2 aromatic rings. The number of benzene rings is 2. The van der Waals surface area contributed by atoms with Crippen LogP contribution in [0.25, 0.3) is 0 Å². The largest absolute Gasteiger partial charge is 0.343 e. The van der Waals surface area contributed by atoms with Crippen LogP contribution < -0.4 is 10.2 Å². The number of nitrogens with one attached hydrogen (secondary N) is 1. The minimum Gasteiger partial charge on any atom is -0.343 e. The predicted molar refractivity (Wildman–Crippen MR) is 100 cm³/mol. The van der Waals surface area contributed by atoms with Crippen molar-refractivity contribution in [1.29, 1.82) is 0 Å². The van der Waals surface area contributed by atoms with E-state index in [4.69, 9.17) is 0 Å². The molecule has 0 amide bonds. The van der Waals surface area contributed by atoms with Crippen molar-refractivity contribution in [1.82, 2.24) is 0 Å². The Balaban J connectivity index is 1.61. The third kappa shape index (κ3) is 4.68. The molecule has 128 valence electrons. The normalized spacial score (nSPS) is 21.1. The Labute approximate surface area is 146 Å². The number of rotatable bonds is 7. The van der Waals surface area contributed by atoms with Crippen molar-refractivity contribution in [3.63, 3.8) is 0 Å². The molecule has 0 aliphatic carbocycles. The topological polar surface area (TPSA) is 21.1 Å². The highest BCUT2D eigenvalue weighted by atomic mass is 15.1. The van der Waals surface area contributed by atoms with Crippen LogP contribution in [0.15, 0.2) is 60.7 Å². The summed E-state index contributed by atoms with van der Waals surface area (Å²) in [6.07, 6.45) is 4.05. The molecule has 3 N–H and O–H groups in total. The lowest BCUT2D eigenvalue weighted by atomic mass is 9.90. The van der Waals surface area contributed by atoms with Crippen molar-refractivity contribution in [3.8, 4) is 0 Å². The van der Waals surface area contributed by atoms with Crippen molar-refractivity contribution in [2.24, 2.45) is 0 Å². The number of quaternary nitrogens is 2. The maximum atomic E-state index is 2.62. The van der Waals surface area contributed by atoms with Gasteiger partial charge in [0, 0.05) is 12.8 Å². The SMILES string of the molecule is CCC[NH+]1CCC([NH2+]CC(c2ccccc2)c2ccccc2)CC1. The molecule has 0 radical (unpaired) electrons. The Morgan fingerprint density at radius 2 is 1.46 bits per heavy atom. The molecule has 2 nitrogen and oxygen atoms in total. The van der Waals surface area contributed by atoms with E-state index in [0.29, 0.717) is 5.92 Å². The van der Waals surface area contributed by atoms with Crippen LogP contribution in [-0.4, -0.2) is 32.2 Å². The third-order valence-electron chi connectivity index (χ3n) is 5.45. The highest BCUT2D eigenvalue weighted by molar-refractivity contribution is 5.32. The van der Waals surface area contributed by atoms with Gasteiger partial charge in [0.1, 0.15) is 0 Å². The van der Waals surface area contributed by atoms with Crippen LogP contribution in [0.3, 0.4) is 0 Å². The molecule has 1 fully saturated rings. The number of likely N-dealkylation sites (tertiary alicyclic amines) is 1. The van der Waals surface area contributed by atoms with Crippen molar-refractivity contribution >= 4 is 0 Å². The summed E-state index contributed by atoms with van der Waals surface area (Å²) in [4.78, 5) is 1.81. The van der Waals surface area contributed by atoms with Gasteiger partial charge in [-0.1, -0.05) is 67.6 Å². The summed E-state index contributed by atoms with van der Waals surface area (Å²) in [5, 5.41) is 2.62. The summed E-state index contributed by atoms with van der Waals surface area (Å²) >= 11 is 0. The zero-order valence-corrected chi connectivity index (χ0v) is 15.0. The van der Waals surface area contributed by atoms with Gasteiger partial charge in [0.2, 0.25) is 0 Å². The van der Waals surface area contributed by atoms with Crippen LogP contribution >= 0.6 is 0 Å². The van der Waals surface area contributed by atoms with Gasteiger partial charge in [-0.2, -0.15) is 0 Å². The fourth-order valence-corrected chi connectivity index (χ4v) is 4.05. The lowest BCUT2D eigenvalue weighted by molar-refractivity contribution is -0.913. The van der Waals surface area contributed by atoms with E-state index in [0.717, 1.165) is 12.6 Å². The molecule has 1 saturated heterocycles. The molecule has 2 heteroatoms. The predicted octanol–water partition coefficient (Wildman–Crippen LogP) is 1.84.